The van der Waals surface area contributed by atoms with Crippen molar-refractivity contribution in [1.29, 1.82) is 0 Å². The number of nitrogens with zero attached hydrogens (tertiary/aromatic N) is 2. The van der Waals surface area contributed by atoms with Crippen LogP contribution >= 0.6 is 23.2 Å². The zero-order chi connectivity index (χ0) is 27.2. The molecule has 4 aromatic carbocycles. The van der Waals surface area contributed by atoms with E-state index in [2.05, 4.69) is 10.5 Å². The number of nitro benzene ring substituents is 1. The molecule has 1 unspecified atom stereocenters. The topological polar surface area (TPSA) is 120 Å². The number of hydrogen-bond donors (Lipinski definition) is 1. The fourth-order valence-electron chi connectivity index (χ4n) is 3.46. The molecule has 0 aliphatic carbocycles. The van der Waals surface area contributed by atoms with E-state index >= 15 is 0 Å². The number of halogens is 2. The molecule has 0 fully saturated rings. The van der Waals surface area contributed by atoms with Gasteiger partial charge < -0.3 is 9.47 Å². The minimum Gasteiger partial charge on any atom is -0.481 e. The summed E-state index contributed by atoms with van der Waals surface area (Å²) in [4.78, 5) is 35.6. The first-order valence-corrected chi connectivity index (χ1v) is 11.9. The maximum Gasteiger partial charge on any atom is 0.345 e. The van der Waals surface area contributed by atoms with Gasteiger partial charge in [-0.2, -0.15) is 5.10 Å². The predicted molar refractivity (Wildman–Crippen MR) is 144 cm³/mol. The summed E-state index contributed by atoms with van der Waals surface area (Å²) in [6, 6.07) is 20.6. The van der Waals surface area contributed by atoms with Crippen molar-refractivity contribution in [3.63, 3.8) is 0 Å². The standard InChI is InChI=1S/C27H19Cl2N3O6/c1-16(37-20-10-8-19(9-11-20)32(35)36)26(33)31-30-15-23-21-5-3-2-4-17(21)6-13-25(23)38-27(34)22-12-7-18(28)14-24(22)29/h2-16H,1H3,(H,31,33). The Hall–Kier alpha value is -4.47. The van der Waals surface area contributed by atoms with Gasteiger partial charge in [0.15, 0.2) is 6.10 Å². The van der Waals surface area contributed by atoms with E-state index in [-0.39, 0.29) is 27.8 Å². The van der Waals surface area contributed by atoms with Gasteiger partial charge in [0.05, 0.1) is 21.7 Å². The van der Waals surface area contributed by atoms with Crippen LogP contribution < -0.4 is 14.9 Å². The highest BCUT2D eigenvalue weighted by atomic mass is 35.5. The molecule has 9 nitrogen and oxygen atoms in total. The van der Waals surface area contributed by atoms with Crippen molar-refractivity contribution in [3.8, 4) is 11.5 Å². The van der Waals surface area contributed by atoms with Gasteiger partial charge in [0.25, 0.3) is 11.6 Å². The number of hydrogen-bond acceptors (Lipinski definition) is 7. The number of ether oxygens (including phenoxy) is 2. The molecule has 0 saturated carbocycles. The molecule has 11 heteroatoms. The van der Waals surface area contributed by atoms with Crippen LogP contribution in [-0.4, -0.2) is 29.1 Å². The van der Waals surface area contributed by atoms with Crippen LogP contribution in [0.1, 0.15) is 22.8 Å². The number of rotatable bonds is 8. The van der Waals surface area contributed by atoms with Crippen LogP contribution in [0.2, 0.25) is 10.0 Å². The highest BCUT2D eigenvalue weighted by Gasteiger charge is 2.18. The number of hydrazone groups is 1. The molecule has 0 aliphatic rings. The Bertz CT molecular complexity index is 1560. The van der Waals surface area contributed by atoms with Crippen LogP contribution in [0.15, 0.2) is 84.0 Å². The molecule has 1 N–H and O–H groups in total. The number of carbonyl (C=O) groups is 2. The summed E-state index contributed by atoms with van der Waals surface area (Å²) >= 11 is 12.1. The van der Waals surface area contributed by atoms with Crippen LogP contribution in [0.4, 0.5) is 5.69 Å². The van der Waals surface area contributed by atoms with Crippen molar-refractivity contribution in [2.24, 2.45) is 5.10 Å². The molecular formula is C27H19Cl2N3O6. The van der Waals surface area contributed by atoms with Crippen LogP contribution in [-0.2, 0) is 4.79 Å². The lowest BCUT2D eigenvalue weighted by Gasteiger charge is -2.13. The molecular weight excluding hydrogens is 533 g/mol. The second-order valence-electron chi connectivity index (χ2n) is 7.96. The number of carbonyl (C=O) groups excluding carboxylic acids is 2. The quantitative estimate of drug-likeness (QED) is 0.0915. The molecule has 0 aliphatic heterocycles. The monoisotopic (exact) mass is 551 g/mol. The number of nitrogens with one attached hydrogen (secondary N) is 1. The molecule has 4 rings (SSSR count). The summed E-state index contributed by atoms with van der Waals surface area (Å²) in [5.41, 5.74) is 2.89. The lowest BCUT2D eigenvalue weighted by atomic mass is 10.0. The number of esters is 1. The van der Waals surface area contributed by atoms with Crippen molar-refractivity contribution in [1.82, 2.24) is 5.43 Å². The first-order valence-electron chi connectivity index (χ1n) is 11.2. The second-order valence-corrected chi connectivity index (χ2v) is 8.80. The zero-order valence-corrected chi connectivity index (χ0v) is 21.3. The molecule has 0 aromatic heterocycles. The molecule has 1 atom stereocenters. The third-order valence-electron chi connectivity index (χ3n) is 5.38. The third-order valence-corrected chi connectivity index (χ3v) is 5.93. The first kappa shape index (κ1) is 26.6. The van der Waals surface area contributed by atoms with Gasteiger partial charge in [0.1, 0.15) is 11.5 Å². The van der Waals surface area contributed by atoms with Crippen LogP contribution in [0, 0.1) is 10.1 Å². The summed E-state index contributed by atoms with van der Waals surface area (Å²) in [6.45, 7) is 1.51. The van der Waals surface area contributed by atoms with E-state index in [4.69, 9.17) is 32.7 Å². The Labute approximate surface area is 226 Å². The average Bonchev–Trinajstić information content (AvgIpc) is 2.89. The van der Waals surface area contributed by atoms with Gasteiger partial charge in [-0.3, -0.25) is 14.9 Å². The van der Waals surface area contributed by atoms with Gasteiger partial charge in [-0.25, -0.2) is 10.2 Å². The Morgan fingerprint density at radius 1 is 1.03 bits per heavy atom. The Morgan fingerprint density at radius 3 is 2.47 bits per heavy atom. The average molecular weight is 552 g/mol. The molecule has 38 heavy (non-hydrogen) atoms. The van der Waals surface area contributed by atoms with Crippen LogP contribution in [0.5, 0.6) is 11.5 Å². The highest BCUT2D eigenvalue weighted by Crippen LogP contribution is 2.29. The molecule has 1 amide bonds. The highest BCUT2D eigenvalue weighted by molar-refractivity contribution is 6.36. The van der Waals surface area contributed by atoms with Gasteiger partial charge in [-0.15, -0.1) is 0 Å². The molecule has 192 valence electrons. The third kappa shape index (κ3) is 6.26. The SMILES string of the molecule is CC(Oc1ccc([N+](=O)[O-])cc1)C(=O)NN=Cc1c(OC(=O)c2ccc(Cl)cc2Cl)ccc2ccccc12. The number of amides is 1. The normalized spacial score (nSPS) is 11.8. The van der Waals surface area contributed by atoms with E-state index < -0.39 is 22.9 Å². The smallest absolute Gasteiger partial charge is 0.345 e. The van der Waals surface area contributed by atoms with Crippen molar-refractivity contribution in [2.45, 2.75) is 13.0 Å². The largest absolute Gasteiger partial charge is 0.481 e. The minimum absolute atomic E-state index is 0.0935. The number of fused-ring (bicyclic) bond motifs is 1. The molecule has 4 aromatic rings. The molecule has 0 spiro atoms. The van der Waals surface area contributed by atoms with E-state index in [0.29, 0.717) is 10.6 Å². The van der Waals surface area contributed by atoms with Gasteiger partial charge in [0, 0.05) is 22.7 Å². The maximum absolute atomic E-state index is 12.8. The van der Waals surface area contributed by atoms with Crippen molar-refractivity contribution in [3.05, 3.63) is 110 Å². The molecule has 0 heterocycles. The maximum atomic E-state index is 12.8. The van der Waals surface area contributed by atoms with Crippen molar-refractivity contribution >= 4 is 57.8 Å². The van der Waals surface area contributed by atoms with Gasteiger partial charge in [-0.1, -0.05) is 53.5 Å². The fraction of sp³-hybridized carbons (Fsp3) is 0.0741. The zero-order valence-electron chi connectivity index (χ0n) is 19.8. The Kier molecular flexibility index (Phi) is 8.20. The van der Waals surface area contributed by atoms with Gasteiger partial charge in [0.2, 0.25) is 0 Å². The summed E-state index contributed by atoms with van der Waals surface area (Å²) in [5, 5.41) is 16.9. The van der Waals surface area contributed by atoms with E-state index in [0.717, 1.165) is 10.8 Å². The molecule has 0 saturated heterocycles. The molecule has 0 radical (unpaired) electrons. The van der Waals surface area contributed by atoms with E-state index in [1.165, 1.54) is 55.6 Å². The van der Waals surface area contributed by atoms with E-state index in [1.54, 1.807) is 12.1 Å². The van der Waals surface area contributed by atoms with Gasteiger partial charge in [-0.05, 0) is 54.1 Å². The number of non-ortho nitro benzene ring substituents is 1. The van der Waals surface area contributed by atoms with E-state index in [9.17, 15) is 19.7 Å². The van der Waals surface area contributed by atoms with Crippen LogP contribution in [0.3, 0.4) is 0 Å². The summed E-state index contributed by atoms with van der Waals surface area (Å²) < 4.78 is 11.2. The first-order chi connectivity index (χ1) is 18.2. The van der Waals surface area contributed by atoms with Crippen molar-refractivity contribution < 1.29 is 24.0 Å². The van der Waals surface area contributed by atoms with Crippen molar-refractivity contribution in [2.75, 3.05) is 0 Å². The van der Waals surface area contributed by atoms with Crippen LogP contribution in [0.25, 0.3) is 10.8 Å². The Balaban J connectivity index is 1.52. The summed E-state index contributed by atoms with van der Waals surface area (Å²) in [5.74, 6) is -0.767. The predicted octanol–water partition coefficient (Wildman–Crippen LogP) is 6.19. The minimum atomic E-state index is -0.953. The number of nitro groups is 1. The lowest BCUT2D eigenvalue weighted by molar-refractivity contribution is -0.384. The second kappa shape index (κ2) is 11.7. The summed E-state index contributed by atoms with van der Waals surface area (Å²) in [7, 11) is 0. The molecule has 0 bridgehead atoms. The van der Waals surface area contributed by atoms with E-state index in [1.807, 2.05) is 24.3 Å². The fourth-order valence-corrected chi connectivity index (χ4v) is 3.95. The summed E-state index contributed by atoms with van der Waals surface area (Å²) in [6.07, 6.45) is 0.413. The number of benzene rings is 4. The van der Waals surface area contributed by atoms with Gasteiger partial charge >= 0.3 is 5.97 Å². The Morgan fingerprint density at radius 2 is 1.76 bits per heavy atom. The lowest BCUT2D eigenvalue weighted by Crippen LogP contribution is -2.33.